The quantitative estimate of drug-likeness (QED) is 0.447. The highest BCUT2D eigenvalue weighted by Gasteiger charge is 2.17. The molecular formula is C15H14ClNO5S2. The highest BCUT2D eigenvalue weighted by atomic mass is 35.5. The van der Waals surface area contributed by atoms with Gasteiger partial charge in [0.2, 0.25) is 10.0 Å². The molecule has 0 amide bonds. The second-order valence-corrected chi connectivity index (χ2v) is 7.71. The molecule has 24 heavy (non-hydrogen) atoms. The van der Waals surface area contributed by atoms with Crippen molar-refractivity contribution in [1.82, 2.24) is 0 Å². The molecule has 0 aliphatic rings. The number of ketones is 1. The summed E-state index contributed by atoms with van der Waals surface area (Å²) in [5.41, 5.74) is 0.0213. The van der Waals surface area contributed by atoms with Crippen LogP contribution in [0.3, 0.4) is 0 Å². The molecule has 1 aromatic heterocycles. The van der Waals surface area contributed by atoms with Gasteiger partial charge in [-0.15, -0.1) is 11.3 Å². The zero-order chi connectivity index (χ0) is 17.7. The van der Waals surface area contributed by atoms with E-state index >= 15 is 0 Å². The zero-order valence-electron chi connectivity index (χ0n) is 12.4. The van der Waals surface area contributed by atoms with E-state index in [0.717, 1.165) is 6.07 Å². The lowest BCUT2D eigenvalue weighted by atomic mass is 10.2. The van der Waals surface area contributed by atoms with Crippen LogP contribution in [0.25, 0.3) is 0 Å². The van der Waals surface area contributed by atoms with Crippen LogP contribution < -0.4 is 5.14 Å². The lowest BCUT2D eigenvalue weighted by molar-refractivity contribution is 0.0494. The van der Waals surface area contributed by atoms with Gasteiger partial charge in [0.25, 0.3) is 0 Å². The molecule has 0 radical (unpaired) electrons. The highest BCUT2D eigenvalue weighted by molar-refractivity contribution is 7.89. The topological polar surface area (TPSA) is 104 Å². The first-order valence-corrected chi connectivity index (χ1v) is 9.65. The number of esters is 1. The molecule has 0 bridgehead atoms. The SMILES string of the molecule is NS(=O)(=O)c1cc(C(=O)OCCCC(=O)c2cccs2)ccc1Cl. The summed E-state index contributed by atoms with van der Waals surface area (Å²) in [4.78, 5) is 24.0. The predicted octanol–water partition coefficient (Wildman–Crippen LogP) is 2.87. The minimum absolute atomic E-state index is 0.0101. The van der Waals surface area contributed by atoms with Crippen LogP contribution in [-0.2, 0) is 14.8 Å². The number of hydrogen-bond donors (Lipinski definition) is 1. The van der Waals surface area contributed by atoms with Crippen LogP contribution in [0.5, 0.6) is 0 Å². The van der Waals surface area contributed by atoms with E-state index < -0.39 is 16.0 Å². The molecule has 0 atom stereocenters. The van der Waals surface area contributed by atoms with Crippen LogP contribution >= 0.6 is 22.9 Å². The predicted molar refractivity (Wildman–Crippen MR) is 91.0 cm³/mol. The van der Waals surface area contributed by atoms with Gasteiger partial charge in [-0.3, -0.25) is 4.79 Å². The van der Waals surface area contributed by atoms with E-state index in [4.69, 9.17) is 21.5 Å². The van der Waals surface area contributed by atoms with Gasteiger partial charge in [0, 0.05) is 6.42 Å². The average molecular weight is 388 g/mol. The number of nitrogens with two attached hydrogens (primary N) is 1. The Hall–Kier alpha value is -1.74. The van der Waals surface area contributed by atoms with E-state index in [1.54, 1.807) is 12.1 Å². The summed E-state index contributed by atoms with van der Waals surface area (Å²) in [5.74, 6) is -0.718. The Bertz CT molecular complexity index is 847. The normalized spacial score (nSPS) is 11.2. The molecule has 2 rings (SSSR count). The Morgan fingerprint density at radius 2 is 2.00 bits per heavy atom. The molecule has 6 nitrogen and oxygen atoms in total. The number of sulfonamides is 1. The van der Waals surface area contributed by atoms with Gasteiger partial charge in [0.05, 0.1) is 22.1 Å². The van der Waals surface area contributed by atoms with Gasteiger partial charge in [0.15, 0.2) is 5.78 Å². The van der Waals surface area contributed by atoms with Crippen LogP contribution in [0, 0.1) is 0 Å². The van der Waals surface area contributed by atoms with Crippen molar-refractivity contribution in [3.8, 4) is 0 Å². The number of halogens is 1. The van der Waals surface area contributed by atoms with Gasteiger partial charge >= 0.3 is 5.97 Å². The van der Waals surface area contributed by atoms with E-state index in [1.165, 1.54) is 23.5 Å². The highest BCUT2D eigenvalue weighted by Crippen LogP contribution is 2.22. The van der Waals surface area contributed by atoms with Gasteiger partial charge < -0.3 is 4.74 Å². The van der Waals surface area contributed by atoms with Crippen molar-refractivity contribution in [3.63, 3.8) is 0 Å². The van der Waals surface area contributed by atoms with Crippen molar-refractivity contribution in [2.24, 2.45) is 5.14 Å². The van der Waals surface area contributed by atoms with Crippen molar-refractivity contribution < 1.29 is 22.7 Å². The summed E-state index contributed by atoms with van der Waals surface area (Å²) >= 11 is 7.11. The van der Waals surface area contributed by atoms with E-state index in [9.17, 15) is 18.0 Å². The maximum atomic E-state index is 11.9. The molecule has 0 saturated carbocycles. The number of thiophene rings is 1. The number of ether oxygens (including phenoxy) is 1. The van der Waals surface area contributed by atoms with Crippen molar-refractivity contribution in [1.29, 1.82) is 0 Å². The van der Waals surface area contributed by atoms with E-state index in [-0.39, 0.29) is 34.3 Å². The average Bonchev–Trinajstić information content (AvgIpc) is 3.05. The van der Waals surface area contributed by atoms with Gasteiger partial charge in [-0.25, -0.2) is 18.4 Å². The molecule has 1 heterocycles. The van der Waals surface area contributed by atoms with Crippen LogP contribution in [0.1, 0.15) is 32.9 Å². The first-order chi connectivity index (χ1) is 11.3. The second-order valence-electron chi connectivity index (χ2n) is 4.83. The van der Waals surface area contributed by atoms with Crippen molar-refractivity contribution in [3.05, 3.63) is 51.2 Å². The number of benzene rings is 1. The van der Waals surface area contributed by atoms with Crippen molar-refractivity contribution >= 4 is 44.7 Å². The third kappa shape index (κ3) is 4.88. The summed E-state index contributed by atoms with van der Waals surface area (Å²) in [5, 5.41) is 6.77. The fourth-order valence-corrected chi connectivity index (χ4v) is 3.66. The Labute approximate surface area is 148 Å². The number of carbonyl (C=O) groups excluding carboxylic acids is 2. The van der Waals surface area contributed by atoms with Crippen LogP contribution in [0.15, 0.2) is 40.6 Å². The molecule has 2 aromatic rings. The molecule has 2 N–H and O–H groups in total. The summed E-state index contributed by atoms with van der Waals surface area (Å²) in [6.45, 7) is 0.0449. The lowest BCUT2D eigenvalue weighted by Crippen LogP contribution is -2.14. The Morgan fingerprint density at radius 1 is 1.25 bits per heavy atom. The van der Waals surface area contributed by atoms with E-state index in [2.05, 4.69) is 0 Å². The van der Waals surface area contributed by atoms with Gasteiger partial charge in [-0.05, 0) is 36.1 Å². The van der Waals surface area contributed by atoms with Gasteiger partial charge in [-0.2, -0.15) is 0 Å². The van der Waals surface area contributed by atoms with Crippen molar-refractivity contribution in [2.75, 3.05) is 6.61 Å². The molecule has 0 unspecified atom stereocenters. The molecule has 1 aromatic carbocycles. The molecular weight excluding hydrogens is 374 g/mol. The third-order valence-corrected chi connectivity index (χ3v) is 5.35. The maximum absolute atomic E-state index is 11.9. The molecule has 0 spiro atoms. The Balaban J connectivity index is 1.90. The fourth-order valence-electron chi connectivity index (χ4n) is 1.89. The molecule has 0 saturated heterocycles. The Morgan fingerprint density at radius 3 is 2.62 bits per heavy atom. The largest absolute Gasteiger partial charge is 0.462 e. The molecule has 128 valence electrons. The summed E-state index contributed by atoms with van der Waals surface area (Å²) in [7, 11) is -4.03. The molecule has 0 aliphatic heterocycles. The van der Waals surface area contributed by atoms with Crippen LogP contribution in [-0.4, -0.2) is 26.8 Å². The molecule has 0 aliphatic carbocycles. The van der Waals surface area contributed by atoms with Gasteiger partial charge in [-0.1, -0.05) is 17.7 Å². The first kappa shape index (κ1) is 18.6. The van der Waals surface area contributed by atoms with Crippen molar-refractivity contribution in [2.45, 2.75) is 17.7 Å². The Kier molecular flexibility index (Phi) is 6.11. The van der Waals surface area contributed by atoms with Gasteiger partial charge in [0.1, 0.15) is 4.90 Å². The number of Topliss-reactive ketones (excluding diaryl/α,β-unsaturated/α-hetero) is 1. The fraction of sp³-hybridized carbons (Fsp3) is 0.200. The number of carbonyl (C=O) groups is 2. The number of hydrogen-bond acceptors (Lipinski definition) is 6. The van der Waals surface area contributed by atoms with E-state index in [0.29, 0.717) is 11.3 Å². The summed E-state index contributed by atoms with van der Waals surface area (Å²) < 4.78 is 27.8. The van der Waals surface area contributed by atoms with E-state index in [1.807, 2.05) is 5.38 Å². The standard InChI is InChI=1S/C15H14ClNO5S2/c16-11-6-5-10(9-14(11)24(17,20)21)15(19)22-7-1-3-12(18)13-4-2-8-23-13/h2,4-6,8-9H,1,3,7H2,(H2,17,20,21). The zero-order valence-corrected chi connectivity index (χ0v) is 14.8. The molecule has 9 heteroatoms. The minimum Gasteiger partial charge on any atom is -0.462 e. The first-order valence-electron chi connectivity index (χ1n) is 6.85. The van der Waals surface area contributed by atoms with Crippen LogP contribution in [0.4, 0.5) is 0 Å². The maximum Gasteiger partial charge on any atom is 0.338 e. The lowest BCUT2D eigenvalue weighted by Gasteiger charge is -2.07. The summed E-state index contributed by atoms with van der Waals surface area (Å²) in [6.07, 6.45) is 0.634. The second kappa shape index (κ2) is 7.89. The smallest absolute Gasteiger partial charge is 0.338 e. The minimum atomic E-state index is -4.03. The molecule has 0 fully saturated rings. The number of rotatable bonds is 7. The number of primary sulfonamides is 1. The summed E-state index contributed by atoms with van der Waals surface area (Å²) in [6, 6.07) is 7.20. The monoisotopic (exact) mass is 387 g/mol. The third-order valence-electron chi connectivity index (χ3n) is 3.05. The van der Waals surface area contributed by atoms with Crippen LogP contribution in [0.2, 0.25) is 5.02 Å².